The highest BCUT2D eigenvalue weighted by Gasteiger charge is 2.23. The highest BCUT2D eigenvalue weighted by molar-refractivity contribution is 9.10. The Morgan fingerprint density at radius 2 is 1.83 bits per heavy atom. The van der Waals surface area contributed by atoms with Gasteiger partial charge in [-0.15, -0.1) is 10.2 Å². The number of thioether (sulfide) groups is 1. The summed E-state index contributed by atoms with van der Waals surface area (Å²) >= 11 is 4.92. The zero-order chi connectivity index (χ0) is 21.0. The van der Waals surface area contributed by atoms with Gasteiger partial charge in [-0.05, 0) is 29.8 Å². The highest BCUT2D eigenvalue weighted by Crippen LogP contribution is 2.27. The number of halogens is 1. The number of nitrogens with two attached hydrogens (primary N) is 1. The predicted octanol–water partition coefficient (Wildman–Crippen LogP) is 3.74. The number of sulfonamides is 1. The molecule has 1 aromatic heterocycles. The number of hydrogen-bond acceptors (Lipinski definition) is 6. The summed E-state index contributed by atoms with van der Waals surface area (Å²) in [7, 11) is -3.56. The molecule has 0 saturated carbocycles. The normalized spacial score (nSPS) is 11.9. The molecule has 0 aliphatic rings. The summed E-state index contributed by atoms with van der Waals surface area (Å²) < 4.78 is 29.4. The van der Waals surface area contributed by atoms with Crippen LogP contribution in [-0.2, 0) is 15.8 Å². The fraction of sp³-hybridized carbons (Fsp3) is 0.263. The van der Waals surface area contributed by atoms with Crippen LogP contribution >= 0.6 is 27.7 Å². The molecule has 0 atom stereocenters. The molecular formula is C19H22BrN5O2S2. The molecule has 154 valence electrons. The molecule has 2 N–H and O–H groups in total. The van der Waals surface area contributed by atoms with Crippen LogP contribution in [0.1, 0.15) is 19.4 Å². The van der Waals surface area contributed by atoms with Crippen LogP contribution in [0.2, 0.25) is 0 Å². The van der Waals surface area contributed by atoms with E-state index >= 15 is 0 Å². The number of nitrogen functional groups attached to an aromatic ring is 1. The zero-order valence-corrected chi connectivity index (χ0v) is 19.3. The van der Waals surface area contributed by atoms with Gasteiger partial charge in [0.15, 0.2) is 5.82 Å². The van der Waals surface area contributed by atoms with Crippen LogP contribution in [0, 0.1) is 0 Å². The molecule has 29 heavy (non-hydrogen) atoms. The van der Waals surface area contributed by atoms with Crippen LogP contribution in [0.4, 0.5) is 0 Å². The molecule has 10 heteroatoms. The van der Waals surface area contributed by atoms with Gasteiger partial charge < -0.3 is 5.84 Å². The molecular weight excluding hydrogens is 474 g/mol. The predicted molar refractivity (Wildman–Crippen MR) is 119 cm³/mol. The van der Waals surface area contributed by atoms with E-state index in [0.717, 1.165) is 10.0 Å². The van der Waals surface area contributed by atoms with E-state index in [0.29, 0.717) is 35.4 Å². The van der Waals surface area contributed by atoms with E-state index in [1.54, 1.807) is 24.3 Å². The van der Waals surface area contributed by atoms with Gasteiger partial charge in [-0.3, -0.25) is 0 Å². The van der Waals surface area contributed by atoms with E-state index in [1.807, 2.05) is 38.1 Å². The smallest absolute Gasteiger partial charge is 0.243 e. The topological polar surface area (TPSA) is 94.1 Å². The first-order valence-electron chi connectivity index (χ1n) is 9.05. The van der Waals surface area contributed by atoms with Crippen LogP contribution in [0.3, 0.4) is 0 Å². The van der Waals surface area contributed by atoms with Crippen LogP contribution in [0.5, 0.6) is 0 Å². The number of hydrogen-bond donors (Lipinski definition) is 1. The van der Waals surface area contributed by atoms with Crippen LogP contribution in [0.15, 0.2) is 63.1 Å². The molecule has 0 saturated heterocycles. The second kappa shape index (κ2) is 9.29. The third-order valence-corrected chi connectivity index (χ3v) is 7.91. The van der Waals surface area contributed by atoms with E-state index < -0.39 is 10.0 Å². The summed E-state index contributed by atoms with van der Waals surface area (Å²) in [5, 5.41) is 8.89. The molecule has 0 unspecified atom stereocenters. The van der Waals surface area contributed by atoms with Crippen molar-refractivity contribution in [1.29, 1.82) is 0 Å². The van der Waals surface area contributed by atoms with Crippen LogP contribution in [0.25, 0.3) is 11.4 Å². The molecule has 3 rings (SSSR count). The van der Waals surface area contributed by atoms with E-state index in [-0.39, 0.29) is 4.90 Å². The lowest BCUT2D eigenvalue weighted by atomic mass is 10.2. The number of rotatable bonds is 8. The average Bonchev–Trinajstić information content (AvgIpc) is 3.08. The summed E-state index contributed by atoms with van der Waals surface area (Å²) in [6.07, 6.45) is 0. The van der Waals surface area contributed by atoms with Crippen LogP contribution < -0.4 is 5.84 Å². The first kappa shape index (κ1) is 21.8. The largest absolute Gasteiger partial charge is 0.335 e. The second-order valence-electron chi connectivity index (χ2n) is 6.21. The maximum atomic E-state index is 12.8. The minimum atomic E-state index is -3.56. The van der Waals surface area contributed by atoms with E-state index in [4.69, 9.17) is 5.84 Å². The van der Waals surface area contributed by atoms with E-state index in [2.05, 4.69) is 26.1 Å². The first-order valence-corrected chi connectivity index (χ1v) is 12.3. The van der Waals surface area contributed by atoms with Gasteiger partial charge in [0.1, 0.15) is 0 Å². The minimum absolute atomic E-state index is 0.213. The van der Waals surface area contributed by atoms with Gasteiger partial charge in [0.05, 0.1) is 4.90 Å². The van der Waals surface area contributed by atoms with Crippen molar-refractivity contribution in [2.45, 2.75) is 29.7 Å². The van der Waals surface area contributed by atoms with Crippen molar-refractivity contribution in [1.82, 2.24) is 19.2 Å². The summed E-state index contributed by atoms with van der Waals surface area (Å²) in [5.74, 6) is 7.30. The van der Waals surface area contributed by atoms with Gasteiger partial charge in [-0.25, -0.2) is 13.1 Å². The molecule has 0 spiro atoms. The van der Waals surface area contributed by atoms with Crippen LogP contribution in [-0.4, -0.2) is 40.7 Å². The standard InChI is InChI=1S/C19H22BrN5O2S2/c1-3-24(4-2)29(26,27)17-10-6-8-15(12-17)18-22-23-19(25(18)21)28-13-14-7-5-9-16(20)11-14/h5-12H,3-4,13,21H2,1-2H3. The third kappa shape index (κ3) is 4.82. The fourth-order valence-electron chi connectivity index (χ4n) is 2.86. The Labute approximate surface area is 183 Å². The Balaban J connectivity index is 1.85. The fourth-order valence-corrected chi connectivity index (χ4v) is 5.61. The third-order valence-electron chi connectivity index (χ3n) is 4.36. The van der Waals surface area contributed by atoms with Gasteiger partial charge in [0, 0.05) is 28.9 Å². The Kier molecular flexibility index (Phi) is 6.99. The van der Waals surface area contributed by atoms with E-state index in [9.17, 15) is 8.42 Å². The quantitative estimate of drug-likeness (QED) is 0.377. The maximum Gasteiger partial charge on any atom is 0.243 e. The lowest BCUT2D eigenvalue weighted by Crippen LogP contribution is -2.30. The van der Waals surface area contributed by atoms with E-state index in [1.165, 1.54) is 20.7 Å². The van der Waals surface area contributed by atoms with Crippen molar-refractivity contribution in [3.05, 3.63) is 58.6 Å². The maximum absolute atomic E-state index is 12.8. The molecule has 0 radical (unpaired) electrons. The van der Waals surface area contributed by atoms with Crippen molar-refractivity contribution in [2.24, 2.45) is 0 Å². The summed E-state index contributed by atoms with van der Waals surface area (Å²) in [6.45, 7) is 4.45. The summed E-state index contributed by atoms with van der Waals surface area (Å²) in [6, 6.07) is 14.6. The lowest BCUT2D eigenvalue weighted by molar-refractivity contribution is 0.445. The van der Waals surface area contributed by atoms with Gasteiger partial charge in [0.25, 0.3) is 0 Å². The molecule has 0 amide bonds. The highest BCUT2D eigenvalue weighted by atomic mass is 79.9. The van der Waals surface area contributed by atoms with Gasteiger partial charge in [0.2, 0.25) is 15.2 Å². The molecule has 1 heterocycles. The number of benzene rings is 2. The minimum Gasteiger partial charge on any atom is -0.335 e. The van der Waals surface area contributed by atoms with Crippen molar-refractivity contribution >= 4 is 37.7 Å². The van der Waals surface area contributed by atoms with Crippen molar-refractivity contribution < 1.29 is 8.42 Å². The molecule has 0 aliphatic heterocycles. The first-order chi connectivity index (χ1) is 13.9. The molecule has 3 aromatic rings. The van der Waals surface area contributed by atoms with Crippen molar-refractivity contribution in [3.63, 3.8) is 0 Å². The molecule has 2 aromatic carbocycles. The molecule has 0 fully saturated rings. The molecule has 7 nitrogen and oxygen atoms in total. The molecule has 0 bridgehead atoms. The average molecular weight is 496 g/mol. The van der Waals surface area contributed by atoms with Crippen molar-refractivity contribution in [2.75, 3.05) is 18.9 Å². The van der Waals surface area contributed by atoms with Crippen molar-refractivity contribution in [3.8, 4) is 11.4 Å². The number of nitrogens with zero attached hydrogens (tertiary/aromatic N) is 4. The Morgan fingerprint density at radius 3 is 2.52 bits per heavy atom. The monoisotopic (exact) mass is 495 g/mol. The van der Waals surface area contributed by atoms with Gasteiger partial charge >= 0.3 is 0 Å². The summed E-state index contributed by atoms with van der Waals surface area (Å²) in [4.78, 5) is 0.213. The zero-order valence-electron chi connectivity index (χ0n) is 16.1. The summed E-state index contributed by atoms with van der Waals surface area (Å²) in [5.41, 5.74) is 1.73. The second-order valence-corrected chi connectivity index (χ2v) is 10.0. The number of aromatic nitrogens is 3. The lowest BCUT2D eigenvalue weighted by Gasteiger charge is -2.18. The molecule has 0 aliphatic carbocycles. The Hall–Kier alpha value is -1.88. The Morgan fingerprint density at radius 1 is 1.10 bits per heavy atom. The van der Waals surface area contributed by atoms with Gasteiger partial charge in [-0.1, -0.05) is 65.8 Å². The SMILES string of the molecule is CCN(CC)S(=O)(=O)c1cccc(-c2nnc(SCc3cccc(Br)c3)n2N)c1. The Bertz CT molecular complexity index is 1100. The van der Waals surface area contributed by atoms with Gasteiger partial charge in [-0.2, -0.15) is 4.31 Å².